The van der Waals surface area contributed by atoms with Crippen LogP contribution in [0.25, 0.3) is 11.0 Å². The second kappa shape index (κ2) is 4.64. The maximum absolute atomic E-state index is 4.38. The van der Waals surface area contributed by atoms with Crippen LogP contribution < -0.4 is 0 Å². The van der Waals surface area contributed by atoms with E-state index in [1.165, 1.54) is 37.0 Å². The average Bonchev–Trinajstić information content (AvgIpc) is 2.81. The van der Waals surface area contributed by atoms with Gasteiger partial charge in [0, 0.05) is 28.7 Å². The van der Waals surface area contributed by atoms with E-state index in [0.29, 0.717) is 11.5 Å². The zero-order valence-electron chi connectivity index (χ0n) is 12.1. The van der Waals surface area contributed by atoms with Crippen molar-refractivity contribution in [2.24, 2.45) is 0 Å². The number of hydrogen-bond acceptors (Lipinski definition) is 2. The van der Waals surface area contributed by atoms with Crippen molar-refractivity contribution in [3.05, 3.63) is 30.1 Å². The molecule has 19 heavy (non-hydrogen) atoms. The van der Waals surface area contributed by atoms with Gasteiger partial charge in [0.15, 0.2) is 0 Å². The van der Waals surface area contributed by atoms with Gasteiger partial charge in [-0.3, -0.25) is 4.90 Å². The second-order valence-corrected chi connectivity index (χ2v) is 6.60. The molecule has 2 aromatic rings. The highest BCUT2D eigenvalue weighted by Gasteiger charge is 2.28. The van der Waals surface area contributed by atoms with Crippen LogP contribution in [0.1, 0.15) is 45.2 Å². The van der Waals surface area contributed by atoms with Crippen LogP contribution in [0.15, 0.2) is 24.4 Å². The quantitative estimate of drug-likeness (QED) is 0.847. The summed E-state index contributed by atoms with van der Waals surface area (Å²) >= 11 is 0. The molecular weight excluding hydrogens is 234 g/mol. The molecule has 1 aliphatic heterocycles. The van der Waals surface area contributed by atoms with Crippen molar-refractivity contribution in [3.63, 3.8) is 0 Å². The lowest BCUT2D eigenvalue weighted by atomic mass is 9.91. The maximum Gasteiger partial charge on any atom is 0.137 e. The van der Waals surface area contributed by atoms with Gasteiger partial charge in [0.1, 0.15) is 5.65 Å². The minimum atomic E-state index is 0.299. The summed E-state index contributed by atoms with van der Waals surface area (Å²) in [6.45, 7) is 9.30. The molecule has 0 amide bonds. The Hall–Kier alpha value is -1.35. The van der Waals surface area contributed by atoms with E-state index in [0.717, 1.165) is 5.65 Å². The molecule has 102 valence electrons. The molecule has 0 aliphatic carbocycles. The predicted molar refractivity (Wildman–Crippen MR) is 79.4 cm³/mol. The third-order valence-electron chi connectivity index (χ3n) is 4.30. The van der Waals surface area contributed by atoms with Gasteiger partial charge in [-0.2, -0.15) is 0 Å². The summed E-state index contributed by atoms with van der Waals surface area (Å²) in [5, 5.41) is 1.23. The van der Waals surface area contributed by atoms with E-state index in [1.54, 1.807) is 0 Å². The van der Waals surface area contributed by atoms with Crippen molar-refractivity contribution >= 4 is 11.0 Å². The van der Waals surface area contributed by atoms with Crippen LogP contribution in [0, 0.1) is 0 Å². The lowest BCUT2D eigenvalue weighted by Gasteiger charge is -2.40. The first kappa shape index (κ1) is 12.7. The van der Waals surface area contributed by atoms with Gasteiger partial charge in [0.2, 0.25) is 0 Å². The summed E-state index contributed by atoms with van der Waals surface area (Å²) in [4.78, 5) is 10.5. The molecule has 1 aliphatic rings. The molecule has 0 spiro atoms. The summed E-state index contributed by atoms with van der Waals surface area (Å²) in [6, 6.07) is 6.41. The van der Waals surface area contributed by atoms with Crippen LogP contribution in [0.4, 0.5) is 0 Å². The summed E-state index contributed by atoms with van der Waals surface area (Å²) in [5.41, 5.74) is 2.69. The van der Waals surface area contributed by atoms with Gasteiger partial charge in [-0.25, -0.2) is 4.98 Å². The highest BCUT2D eigenvalue weighted by atomic mass is 15.2. The van der Waals surface area contributed by atoms with E-state index in [-0.39, 0.29) is 0 Å². The van der Waals surface area contributed by atoms with Crippen LogP contribution in [0.3, 0.4) is 0 Å². The van der Waals surface area contributed by atoms with E-state index in [1.807, 2.05) is 12.3 Å². The Morgan fingerprint density at radius 3 is 2.63 bits per heavy atom. The molecule has 0 unspecified atom stereocenters. The Bertz CT molecular complexity index is 524. The van der Waals surface area contributed by atoms with E-state index in [9.17, 15) is 0 Å². The van der Waals surface area contributed by atoms with Crippen molar-refractivity contribution in [1.29, 1.82) is 0 Å². The first-order chi connectivity index (χ1) is 9.04. The summed E-state index contributed by atoms with van der Waals surface area (Å²) in [7, 11) is 0. The topological polar surface area (TPSA) is 31.9 Å². The zero-order chi connectivity index (χ0) is 13.5. The molecule has 0 radical (unpaired) electrons. The number of pyridine rings is 1. The number of H-pyrrole nitrogens is 1. The fraction of sp³-hybridized carbons (Fsp3) is 0.562. The number of piperidine rings is 1. The molecule has 1 fully saturated rings. The van der Waals surface area contributed by atoms with Crippen molar-refractivity contribution in [1.82, 2.24) is 14.9 Å². The Balaban J connectivity index is 1.74. The summed E-state index contributed by atoms with van der Waals surface area (Å²) in [5.74, 6) is 0.660. The first-order valence-electron chi connectivity index (χ1n) is 7.23. The monoisotopic (exact) mass is 257 g/mol. The molecule has 0 saturated carbocycles. The molecule has 1 N–H and O–H groups in total. The van der Waals surface area contributed by atoms with Crippen LogP contribution in [0.5, 0.6) is 0 Å². The largest absolute Gasteiger partial charge is 0.343 e. The number of hydrogen-bond donors (Lipinski definition) is 1. The smallest absolute Gasteiger partial charge is 0.137 e. The van der Waals surface area contributed by atoms with Gasteiger partial charge in [-0.15, -0.1) is 0 Å². The molecule has 0 bridgehead atoms. The fourth-order valence-corrected chi connectivity index (χ4v) is 3.06. The Morgan fingerprint density at radius 1 is 1.26 bits per heavy atom. The van der Waals surface area contributed by atoms with Crippen LogP contribution in [-0.2, 0) is 0 Å². The highest BCUT2D eigenvalue weighted by molar-refractivity contribution is 5.76. The Morgan fingerprint density at radius 2 is 2.00 bits per heavy atom. The molecule has 1 saturated heterocycles. The van der Waals surface area contributed by atoms with Gasteiger partial charge < -0.3 is 4.98 Å². The number of likely N-dealkylation sites (tertiary alicyclic amines) is 1. The fourth-order valence-electron chi connectivity index (χ4n) is 3.06. The molecule has 3 heteroatoms. The number of fused-ring (bicyclic) bond motifs is 1. The van der Waals surface area contributed by atoms with Gasteiger partial charge in [0.25, 0.3) is 0 Å². The molecule has 2 aromatic heterocycles. The third kappa shape index (κ3) is 2.52. The maximum atomic E-state index is 4.38. The Labute approximate surface area is 115 Å². The van der Waals surface area contributed by atoms with Gasteiger partial charge in [-0.1, -0.05) is 0 Å². The van der Waals surface area contributed by atoms with Crippen LogP contribution >= 0.6 is 0 Å². The third-order valence-corrected chi connectivity index (χ3v) is 4.30. The lowest BCUT2D eigenvalue weighted by Crippen LogP contribution is -2.45. The van der Waals surface area contributed by atoms with Gasteiger partial charge >= 0.3 is 0 Å². The number of nitrogens with one attached hydrogen (secondary N) is 1. The van der Waals surface area contributed by atoms with Crippen molar-refractivity contribution < 1.29 is 0 Å². The molecular formula is C16H23N3. The molecule has 0 atom stereocenters. The number of aromatic nitrogens is 2. The van der Waals surface area contributed by atoms with Gasteiger partial charge in [-0.05, 0) is 64.9 Å². The normalized spacial score (nSPS) is 19.1. The average molecular weight is 257 g/mol. The minimum Gasteiger partial charge on any atom is -0.343 e. The van der Waals surface area contributed by atoms with Crippen molar-refractivity contribution in [2.75, 3.05) is 13.1 Å². The van der Waals surface area contributed by atoms with Crippen molar-refractivity contribution in [3.8, 4) is 0 Å². The number of aromatic amines is 1. The standard InChI is InChI=1S/C16H23N3/c1-16(2,3)19-9-6-12(7-10-19)14-11-13-5-4-8-17-15(13)18-14/h4-5,8,11-12H,6-7,9-10H2,1-3H3,(H,17,18). The van der Waals surface area contributed by atoms with E-state index in [4.69, 9.17) is 0 Å². The second-order valence-electron chi connectivity index (χ2n) is 6.60. The van der Waals surface area contributed by atoms with Crippen molar-refractivity contribution in [2.45, 2.75) is 45.1 Å². The lowest BCUT2D eigenvalue weighted by molar-refractivity contribution is 0.102. The van der Waals surface area contributed by atoms with Crippen LogP contribution in [0.2, 0.25) is 0 Å². The SMILES string of the molecule is CC(C)(C)N1CCC(c2cc3cccnc3[nH]2)CC1. The zero-order valence-corrected chi connectivity index (χ0v) is 12.1. The van der Waals surface area contributed by atoms with Gasteiger partial charge in [0.05, 0.1) is 0 Å². The molecule has 3 rings (SSSR count). The molecule has 3 nitrogen and oxygen atoms in total. The Kier molecular flexibility index (Phi) is 3.09. The molecule has 3 heterocycles. The van der Waals surface area contributed by atoms with E-state index >= 15 is 0 Å². The highest BCUT2D eigenvalue weighted by Crippen LogP contribution is 2.31. The van der Waals surface area contributed by atoms with E-state index in [2.05, 4.69) is 47.8 Å². The first-order valence-corrected chi connectivity index (χ1v) is 7.23. The number of nitrogens with zero attached hydrogens (tertiary/aromatic N) is 2. The molecule has 0 aromatic carbocycles. The van der Waals surface area contributed by atoms with Crippen LogP contribution in [-0.4, -0.2) is 33.5 Å². The predicted octanol–water partition coefficient (Wildman–Crippen LogP) is 3.54. The minimum absolute atomic E-state index is 0.299. The van der Waals surface area contributed by atoms with E-state index < -0.39 is 0 Å². The summed E-state index contributed by atoms with van der Waals surface area (Å²) < 4.78 is 0. The number of rotatable bonds is 1. The summed E-state index contributed by atoms with van der Waals surface area (Å²) in [6.07, 6.45) is 4.33.